The fourth-order valence-electron chi connectivity index (χ4n) is 2.65. The summed E-state index contributed by atoms with van der Waals surface area (Å²) in [6, 6.07) is 19.7. The van der Waals surface area contributed by atoms with Crippen molar-refractivity contribution in [2.45, 2.75) is 13.0 Å². The summed E-state index contributed by atoms with van der Waals surface area (Å²) in [5, 5.41) is 6.37. The molecule has 28 heavy (non-hydrogen) atoms. The van der Waals surface area contributed by atoms with Gasteiger partial charge >= 0.3 is 0 Å². The average Bonchev–Trinajstić information content (AvgIpc) is 2.74. The Labute approximate surface area is 168 Å². The van der Waals surface area contributed by atoms with Gasteiger partial charge in [-0.05, 0) is 54.4 Å². The van der Waals surface area contributed by atoms with Crippen LogP contribution in [0.3, 0.4) is 0 Å². The van der Waals surface area contributed by atoms with Gasteiger partial charge in [-0.25, -0.2) is 0 Å². The number of pyridine rings is 1. The quantitative estimate of drug-likeness (QED) is 0.643. The first-order valence-electron chi connectivity index (χ1n) is 8.92. The molecule has 2 N–H and O–H groups in total. The van der Waals surface area contributed by atoms with Gasteiger partial charge in [-0.15, -0.1) is 0 Å². The zero-order valence-electron chi connectivity index (χ0n) is 15.2. The maximum atomic E-state index is 12.4. The number of nitrogens with one attached hydrogen (secondary N) is 2. The van der Waals surface area contributed by atoms with Gasteiger partial charge in [0.2, 0.25) is 0 Å². The van der Waals surface area contributed by atoms with Gasteiger partial charge in [-0.3, -0.25) is 14.6 Å². The van der Waals surface area contributed by atoms with E-state index < -0.39 is 0 Å². The molecule has 0 aliphatic heterocycles. The Kier molecular flexibility index (Phi) is 6.76. The van der Waals surface area contributed by atoms with Crippen LogP contribution in [-0.2, 0) is 13.0 Å². The molecule has 0 saturated heterocycles. The first-order chi connectivity index (χ1) is 13.6. The van der Waals surface area contributed by atoms with Crippen molar-refractivity contribution in [2.24, 2.45) is 0 Å². The summed E-state index contributed by atoms with van der Waals surface area (Å²) in [7, 11) is 0. The van der Waals surface area contributed by atoms with Crippen molar-refractivity contribution < 1.29 is 9.59 Å². The second-order valence-electron chi connectivity index (χ2n) is 6.22. The van der Waals surface area contributed by atoms with Gasteiger partial charge in [0.25, 0.3) is 11.8 Å². The second kappa shape index (κ2) is 9.67. The number of aromatic nitrogens is 1. The van der Waals surface area contributed by atoms with E-state index in [0.717, 1.165) is 11.3 Å². The molecule has 0 fully saturated rings. The predicted octanol–water partition coefficient (Wildman–Crippen LogP) is 3.64. The summed E-state index contributed by atoms with van der Waals surface area (Å²) >= 11 is 5.87. The van der Waals surface area contributed by atoms with E-state index in [0.29, 0.717) is 35.7 Å². The summed E-state index contributed by atoms with van der Waals surface area (Å²) in [5.74, 6) is -0.463. The Morgan fingerprint density at radius 2 is 1.57 bits per heavy atom. The van der Waals surface area contributed by atoms with Gasteiger partial charge in [-0.2, -0.15) is 0 Å². The van der Waals surface area contributed by atoms with Gasteiger partial charge in [0.05, 0.1) is 12.2 Å². The highest BCUT2D eigenvalue weighted by atomic mass is 35.5. The van der Waals surface area contributed by atoms with Crippen LogP contribution in [0.15, 0.2) is 72.9 Å². The van der Waals surface area contributed by atoms with Crippen molar-refractivity contribution in [3.05, 3.63) is 100 Å². The smallest absolute Gasteiger partial charge is 0.251 e. The minimum absolute atomic E-state index is 0.215. The molecule has 2 aromatic carbocycles. The number of amides is 2. The normalized spacial score (nSPS) is 10.3. The number of nitrogens with zero attached hydrogens (tertiary/aromatic N) is 1. The van der Waals surface area contributed by atoms with E-state index >= 15 is 0 Å². The van der Waals surface area contributed by atoms with E-state index in [1.165, 1.54) is 0 Å². The Morgan fingerprint density at radius 1 is 0.857 bits per heavy atom. The Morgan fingerprint density at radius 3 is 2.25 bits per heavy atom. The number of hydrogen-bond donors (Lipinski definition) is 2. The molecule has 5 nitrogen and oxygen atoms in total. The van der Waals surface area contributed by atoms with Gasteiger partial charge < -0.3 is 10.6 Å². The van der Waals surface area contributed by atoms with Crippen molar-refractivity contribution in [1.82, 2.24) is 15.6 Å². The molecule has 6 heteroatoms. The Hall–Kier alpha value is -3.18. The molecule has 0 aliphatic rings. The number of rotatable bonds is 7. The summed E-state index contributed by atoms with van der Waals surface area (Å²) < 4.78 is 0. The SMILES string of the molecule is O=C(NCCc1ccc(Cl)cc1)c1cccc(C(=O)NCc2ccccn2)c1. The van der Waals surface area contributed by atoms with Gasteiger partial charge in [0, 0.05) is 28.9 Å². The topological polar surface area (TPSA) is 71.1 Å². The average molecular weight is 394 g/mol. The van der Waals surface area contributed by atoms with Gasteiger partial charge in [0.1, 0.15) is 0 Å². The van der Waals surface area contributed by atoms with E-state index in [4.69, 9.17) is 11.6 Å². The lowest BCUT2D eigenvalue weighted by molar-refractivity contribution is 0.0950. The maximum absolute atomic E-state index is 12.4. The lowest BCUT2D eigenvalue weighted by Gasteiger charge is -2.08. The molecule has 0 saturated carbocycles. The number of benzene rings is 2. The zero-order chi connectivity index (χ0) is 19.8. The standard InChI is InChI=1S/C22H20ClN3O2/c23-19-9-7-16(8-10-19)11-13-25-21(27)17-4-3-5-18(14-17)22(28)26-15-20-6-1-2-12-24-20/h1-10,12,14H,11,13,15H2,(H,25,27)(H,26,28). The highest BCUT2D eigenvalue weighted by Gasteiger charge is 2.10. The van der Waals surface area contributed by atoms with Crippen molar-refractivity contribution in [1.29, 1.82) is 0 Å². The van der Waals surface area contributed by atoms with Crippen LogP contribution in [0, 0.1) is 0 Å². The maximum Gasteiger partial charge on any atom is 0.251 e. The lowest BCUT2D eigenvalue weighted by atomic mass is 10.1. The molecule has 0 atom stereocenters. The summed E-state index contributed by atoms with van der Waals surface area (Å²) in [6.07, 6.45) is 2.38. The minimum Gasteiger partial charge on any atom is -0.352 e. The highest BCUT2D eigenvalue weighted by molar-refractivity contribution is 6.30. The molecule has 0 spiro atoms. The van der Waals surface area contributed by atoms with Crippen LogP contribution in [0.5, 0.6) is 0 Å². The first-order valence-corrected chi connectivity index (χ1v) is 9.30. The Balaban J connectivity index is 1.53. The fraction of sp³-hybridized carbons (Fsp3) is 0.136. The predicted molar refractivity (Wildman–Crippen MR) is 109 cm³/mol. The van der Waals surface area contributed by atoms with Crippen LogP contribution in [0.2, 0.25) is 5.02 Å². The molecule has 3 rings (SSSR count). The lowest BCUT2D eigenvalue weighted by Crippen LogP contribution is -2.27. The molecule has 3 aromatic rings. The molecule has 0 radical (unpaired) electrons. The summed E-state index contributed by atoms with van der Waals surface area (Å²) in [6.45, 7) is 0.827. The van der Waals surface area contributed by atoms with E-state index in [1.807, 2.05) is 42.5 Å². The summed E-state index contributed by atoms with van der Waals surface area (Å²) in [4.78, 5) is 28.9. The van der Waals surface area contributed by atoms with Gasteiger partial charge in [0.15, 0.2) is 0 Å². The number of carbonyl (C=O) groups is 2. The van der Waals surface area contributed by atoms with E-state index in [1.54, 1.807) is 30.5 Å². The molecule has 0 bridgehead atoms. The fourth-order valence-corrected chi connectivity index (χ4v) is 2.78. The molecule has 1 heterocycles. The van der Waals surface area contributed by atoms with Crippen LogP contribution in [0.4, 0.5) is 0 Å². The zero-order valence-corrected chi connectivity index (χ0v) is 15.9. The summed E-state index contributed by atoms with van der Waals surface area (Å²) in [5.41, 5.74) is 2.74. The van der Waals surface area contributed by atoms with E-state index in [2.05, 4.69) is 15.6 Å². The van der Waals surface area contributed by atoms with E-state index in [9.17, 15) is 9.59 Å². The molecular weight excluding hydrogens is 374 g/mol. The number of halogens is 1. The third kappa shape index (κ3) is 5.66. The Bertz CT molecular complexity index is 944. The van der Waals surface area contributed by atoms with Crippen molar-refractivity contribution in [3.63, 3.8) is 0 Å². The van der Waals surface area contributed by atoms with Crippen LogP contribution >= 0.6 is 11.6 Å². The van der Waals surface area contributed by atoms with Gasteiger partial charge in [-0.1, -0.05) is 35.9 Å². The van der Waals surface area contributed by atoms with Crippen molar-refractivity contribution >= 4 is 23.4 Å². The van der Waals surface area contributed by atoms with Crippen LogP contribution in [-0.4, -0.2) is 23.3 Å². The number of carbonyl (C=O) groups excluding carboxylic acids is 2. The third-order valence-corrected chi connectivity index (χ3v) is 4.41. The van der Waals surface area contributed by atoms with Crippen molar-refractivity contribution in [2.75, 3.05) is 6.54 Å². The van der Waals surface area contributed by atoms with Crippen LogP contribution in [0.25, 0.3) is 0 Å². The molecule has 0 aliphatic carbocycles. The molecule has 0 unspecified atom stereocenters. The highest BCUT2D eigenvalue weighted by Crippen LogP contribution is 2.10. The van der Waals surface area contributed by atoms with Crippen LogP contribution < -0.4 is 10.6 Å². The molecule has 142 valence electrons. The second-order valence-corrected chi connectivity index (χ2v) is 6.65. The number of hydrogen-bond acceptors (Lipinski definition) is 3. The van der Waals surface area contributed by atoms with E-state index in [-0.39, 0.29) is 11.8 Å². The van der Waals surface area contributed by atoms with Crippen LogP contribution in [0.1, 0.15) is 32.0 Å². The first kappa shape index (κ1) is 19.6. The third-order valence-electron chi connectivity index (χ3n) is 4.16. The molecule has 1 aromatic heterocycles. The molecule has 2 amide bonds. The monoisotopic (exact) mass is 393 g/mol. The largest absolute Gasteiger partial charge is 0.352 e. The van der Waals surface area contributed by atoms with Crippen molar-refractivity contribution in [3.8, 4) is 0 Å². The minimum atomic E-state index is -0.249. The molecular formula is C22H20ClN3O2.